The standard InChI is InChI=1S/C15H20N2O2/c1-10(13-5-3-4-6-14(13)19-2)17-15(18)11-7-8-12(16)9-11/h3-8,10-12H,9,16H2,1-2H3,(H,17,18)/t10-,11?,12?/m1/s1. The summed E-state index contributed by atoms with van der Waals surface area (Å²) < 4.78 is 5.31. The van der Waals surface area contributed by atoms with Crippen molar-refractivity contribution in [2.45, 2.75) is 25.4 Å². The van der Waals surface area contributed by atoms with Crippen molar-refractivity contribution in [2.24, 2.45) is 11.7 Å². The van der Waals surface area contributed by atoms with E-state index < -0.39 is 0 Å². The number of ether oxygens (including phenoxy) is 1. The molecule has 0 bridgehead atoms. The third-order valence-corrected chi connectivity index (χ3v) is 3.42. The van der Waals surface area contributed by atoms with Gasteiger partial charge in [-0.1, -0.05) is 30.4 Å². The number of rotatable bonds is 4. The van der Waals surface area contributed by atoms with Crippen LogP contribution in [-0.4, -0.2) is 19.1 Å². The van der Waals surface area contributed by atoms with E-state index in [1.54, 1.807) is 7.11 Å². The van der Waals surface area contributed by atoms with Crippen LogP contribution in [-0.2, 0) is 4.79 Å². The molecule has 0 radical (unpaired) electrons. The van der Waals surface area contributed by atoms with Crippen molar-refractivity contribution in [2.75, 3.05) is 7.11 Å². The smallest absolute Gasteiger partial charge is 0.227 e. The number of nitrogens with two attached hydrogens (primary N) is 1. The fourth-order valence-corrected chi connectivity index (χ4v) is 2.34. The van der Waals surface area contributed by atoms with Crippen LogP contribution in [0.2, 0.25) is 0 Å². The lowest BCUT2D eigenvalue weighted by Crippen LogP contribution is -2.32. The van der Waals surface area contributed by atoms with Crippen molar-refractivity contribution < 1.29 is 9.53 Å². The molecule has 1 aliphatic carbocycles. The summed E-state index contributed by atoms with van der Waals surface area (Å²) in [5.74, 6) is 0.684. The molecule has 0 spiro atoms. The van der Waals surface area contributed by atoms with E-state index in [2.05, 4.69) is 5.32 Å². The molecule has 102 valence electrons. The van der Waals surface area contributed by atoms with Crippen LogP contribution in [0.1, 0.15) is 24.9 Å². The van der Waals surface area contributed by atoms with Gasteiger partial charge in [-0.05, 0) is 19.4 Å². The van der Waals surface area contributed by atoms with Crippen molar-refractivity contribution >= 4 is 5.91 Å². The van der Waals surface area contributed by atoms with E-state index in [0.29, 0.717) is 6.42 Å². The molecular weight excluding hydrogens is 240 g/mol. The van der Waals surface area contributed by atoms with Crippen LogP contribution in [0, 0.1) is 5.92 Å². The third-order valence-electron chi connectivity index (χ3n) is 3.42. The maximum Gasteiger partial charge on any atom is 0.227 e. The number of hydrogen-bond acceptors (Lipinski definition) is 3. The van der Waals surface area contributed by atoms with Gasteiger partial charge in [-0.2, -0.15) is 0 Å². The SMILES string of the molecule is COc1ccccc1[C@@H](C)NC(=O)C1C=CC(N)C1. The molecule has 2 rings (SSSR count). The summed E-state index contributed by atoms with van der Waals surface area (Å²) in [6, 6.07) is 7.61. The topological polar surface area (TPSA) is 64.3 Å². The fraction of sp³-hybridized carbons (Fsp3) is 0.400. The lowest BCUT2D eigenvalue weighted by molar-refractivity contribution is -0.124. The molecule has 3 N–H and O–H groups in total. The molecule has 0 heterocycles. The molecule has 0 fully saturated rings. The number of hydrogen-bond donors (Lipinski definition) is 2. The summed E-state index contributed by atoms with van der Waals surface area (Å²) in [7, 11) is 1.63. The van der Waals surface area contributed by atoms with Crippen LogP contribution in [0.25, 0.3) is 0 Å². The van der Waals surface area contributed by atoms with E-state index in [0.717, 1.165) is 11.3 Å². The summed E-state index contributed by atoms with van der Waals surface area (Å²) in [6.07, 6.45) is 4.46. The quantitative estimate of drug-likeness (QED) is 0.811. The molecule has 1 aliphatic rings. The number of nitrogens with one attached hydrogen (secondary N) is 1. The van der Waals surface area contributed by atoms with Crippen LogP contribution < -0.4 is 15.8 Å². The van der Waals surface area contributed by atoms with Crippen LogP contribution in [0.4, 0.5) is 0 Å². The molecule has 1 amide bonds. The Kier molecular flexibility index (Phi) is 4.22. The highest BCUT2D eigenvalue weighted by molar-refractivity contribution is 5.81. The number of carbonyl (C=O) groups excluding carboxylic acids is 1. The Morgan fingerprint density at radius 3 is 2.79 bits per heavy atom. The maximum absolute atomic E-state index is 12.1. The molecule has 0 aliphatic heterocycles. The molecule has 4 heteroatoms. The highest BCUT2D eigenvalue weighted by atomic mass is 16.5. The highest BCUT2D eigenvalue weighted by Gasteiger charge is 2.24. The monoisotopic (exact) mass is 260 g/mol. The van der Waals surface area contributed by atoms with Gasteiger partial charge in [0, 0.05) is 11.6 Å². The van der Waals surface area contributed by atoms with Gasteiger partial charge in [0.1, 0.15) is 5.75 Å². The number of para-hydroxylation sites is 1. The van der Waals surface area contributed by atoms with Crippen molar-refractivity contribution in [3.63, 3.8) is 0 Å². The van der Waals surface area contributed by atoms with Gasteiger partial charge in [0.25, 0.3) is 0 Å². The second-order valence-corrected chi connectivity index (χ2v) is 4.86. The summed E-state index contributed by atoms with van der Waals surface area (Å²) in [6.45, 7) is 1.95. The predicted octanol–water partition coefficient (Wildman–Crippen LogP) is 1.78. The highest BCUT2D eigenvalue weighted by Crippen LogP contribution is 2.25. The first-order valence-electron chi connectivity index (χ1n) is 6.49. The third kappa shape index (κ3) is 3.15. The van der Waals surface area contributed by atoms with Gasteiger partial charge < -0.3 is 15.8 Å². The molecule has 3 atom stereocenters. The lowest BCUT2D eigenvalue weighted by Gasteiger charge is -2.19. The van der Waals surface area contributed by atoms with E-state index in [-0.39, 0.29) is 23.9 Å². The summed E-state index contributed by atoms with van der Waals surface area (Å²) in [5, 5.41) is 3.01. The Bertz CT molecular complexity index is 485. The number of amides is 1. The minimum absolute atomic E-state index is 0.00248. The van der Waals surface area contributed by atoms with Crippen molar-refractivity contribution in [1.29, 1.82) is 0 Å². The van der Waals surface area contributed by atoms with E-state index >= 15 is 0 Å². The zero-order valence-electron chi connectivity index (χ0n) is 11.3. The van der Waals surface area contributed by atoms with E-state index in [1.807, 2.05) is 43.3 Å². The normalized spacial score (nSPS) is 23.1. The van der Waals surface area contributed by atoms with Gasteiger partial charge in [-0.3, -0.25) is 4.79 Å². The molecule has 1 aromatic rings. The second-order valence-electron chi connectivity index (χ2n) is 4.86. The molecule has 0 aromatic heterocycles. The Morgan fingerprint density at radius 2 is 2.16 bits per heavy atom. The zero-order chi connectivity index (χ0) is 13.8. The molecule has 0 saturated carbocycles. The number of carbonyl (C=O) groups is 1. The van der Waals surface area contributed by atoms with Crippen molar-refractivity contribution in [3.8, 4) is 5.75 Å². The zero-order valence-corrected chi connectivity index (χ0v) is 11.3. The summed E-state index contributed by atoms with van der Waals surface area (Å²) in [5.41, 5.74) is 6.74. The minimum Gasteiger partial charge on any atom is -0.496 e. The molecule has 2 unspecified atom stereocenters. The van der Waals surface area contributed by atoms with E-state index in [9.17, 15) is 4.79 Å². The maximum atomic E-state index is 12.1. The average Bonchev–Trinajstić information content (AvgIpc) is 2.85. The summed E-state index contributed by atoms with van der Waals surface area (Å²) in [4.78, 5) is 12.1. The Labute approximate surface area is 113 Å². The van der Waals surface area contributed by atoms with Crippen molar-refractivity contribution in [1.82, 2.24) is 5.32 Å². The molecule has 19 heavy (non-hydrogen) atoms. The first-order valence-corrected chi connectivity index (χ1v) is 6.49. The fourth-order valence-electron chi connectivity index (χ4n) is 2.34. The molecule has 1 aromatic carbocycles. The predicted molar refractivity (Wildman–Crippen MR) is 74.8 cm³/mol. The van der Waals surface area contributed by atoms with Crippen LogP contribution in [0.15, 0.2) is 36.4 Å². The van der Waals surface area contributed by atoms with Gasteiger partial charge in [0.15, 0.2) is 0 Å². The number of methoxy groups -OCH3 is 1. The molecule has 4 nitrogen and oxygen atoms in total. The van der Waals surface area contributed by atoms with E-state index in [1.165, 1.54) is 0 Å². The van der Waals surface area contributed by atoms with Crippen LogP contribution in [0.3, 0.4) is 0 Å². The van der Waals surface area contributed by atoms with Gasteiger partial charge >= 0.3 is 0 Å². The molecule has 0 saturated heterocycles. The van der Waals surface area contributed by atoms with Crippen LogP contribution in [0.5, 0.6) is 5.75 Å². The largest absolute Gasteiger partial charge is 0.496 e. The first-order chi connectivity index (χ1) is 9.11. The minimum atomic E-state index is -0.118. The Hall–Kier alpha value is -1.81. The lowest BCUT2D eigenvalue weighted by atomic mass is 10.0. The van der Waals surface area contributed by atoms with E-state index in [4.69, 9.17) is 10.5 Å². The average molecular weight is 260 g/mol. The number of benzene rings is 1. The Morgan fingerprint density at radius 1 is 1.42 bits per heavy atom. The molecular formula is C15H20N2O2. The van der Waals surface area contributed by atoms with Gasteiger partial charge in [0.05, 0.1) is 19.1 Å². The van der Waals surface area contributed by atoms with Crippen LogP contribution >= 0.6 is 0 Å². The first kappa shape index (κ1) is 13.6. The van der Waals surface area contributed by atoms with Gasteiger partial charge in [0.2, 0.25) is 5.91 Å². The van der Waals surface area contributed by atoms with Gasteiger partial charge in [-0.15, -0.1) is 0 Å². The second kappa shape index (κ2) is 5.89. The van der Waals surface area contributed by atoms with Gasteiger partial charge in [-0.25, -0.2) is 0 Å². The Balaban J connectivity index is 2.02. The summed E-state index contributed by atoms with van der Waals surface area (Å²) >= 11 is 0. The van der Waals surface area contributed by atoms with Crippen molar-refractivity contribution in [3.05, 3.63) is 42.0 Å².